The quantitative estimate of drug-likeness (QED) is 0.561. The van der Waals surface area contributed by atoms with Crippen LogP contribution in [-0.4, -0.2) is 14.9 Å². The first kappa shape index (κ1) is 14.3. The van der Waals surface area contributed by atoms with Crippen molar-refractivity contribution in [3.63, 3.8) is 0 Å². The average Bonchev–Trinajstić information content (AvgIpc) is 2.89. The van der Waals surface area contributed by atoms with Crippen LogP contribution in [0.2, 0.25) is 0 Å². The number of nitro groups is 1. The van der Waals surface area contributed by atoms with Gasteiger partial charge in [-0.3, -0.25) is 10.1 Å². The summed E-state index contributed by atoms with van der Waals surface area (Å²) in [4.78, 5) is 18.1. The topological polar surface area (TPSA) is 71.8 Å². The Kier molecular flexibility index (Phi) is 3.20. The number of nitro benzene ring substituents is 1. The molecule has 0 bridgehead atoms. The van der Waals surface area contributed by atoms with Crippen molar-refractivity contribution in [2.75, 3.05) is 0 Å². The standard InChI is InChI=1S/C17H17N3O2/c1-17(2,3)12-6-4-11(5-7-12)16-18-14-9-8-13(20(21)22)10-15(14)19-16/h4-10H,1-3H3,(H,18,19). The molecule has 5 heteroatoms. The molecule has 0 aliphatic rings. The number of aromatic nitrogens is 2. The van der Waals surface area contributed by atoms with Crippen LogP contribution in [0.25, 0.3) is 22.4 Å². The van der Waals surface area contributed by atoms with E-state index in [1.165, 1.54) is 17.7 Å². The number of hydrogen-bond donors (Lipinski definition) is 1. The molecule has 0 unspecified atom stereocenters. The number of hydrogen-bond acceptors (Lipinski definition) is 3. The minimum Gasteiger partial charge on any atom is -0.338 e. The first-order valence-corrected chi connectivity index (χ1v) is 7.10. The van der Waals surface area contributed by atoms with Gasteiger partial charge in [0.25, 0.3) is 5.69 Å². The number of fused-ring (bicyclic) bond motifs is 1. The monoisotopic (exact) mass is 295 g/mol. The number of nitrogens with one attached hydrogen (secondary N) is 1. The fourth-order valence-corrected chi connectivity index (χ4v) is 2.38. The molecule has 3 aromatic rings. The van der Waals surface area contributed by atoms with E-state index >= 15 is 0 Å². The van der Waals surface area contributed by atoms with E-state index in [-0.39, 0.29) is 11.1 Å². The minimum absolute atomic E-state index is 0.0609. The molecule has 0 radical (unpaired) electrons. The fraction of sp³-hybridized carbons (Fsp3) is 0.235. The molecule has 0 amide bonds. The van der Waals surface area contributed by atoms with Crippen LogP contribution in [0.4, 0.5) is 5.69 Å². The van der Waals surface area contributed by atoms with Gasteiger partial charge in [0.15, 0.2) is 0 Å². The first-order valence-electron chi connectivity index (χ1n) is 7.10. The van der Waals surface area contributed by atoms with E-state index in [2.05, 4.69) is 42.9 Å². The van der Waals surface area contributed by atoms with E-state index in [9.17, 15) is 10.1 Å². The van der Waals surface area contributed by atoms with Gasteiger partial charge in [-0.05, 0) is 17.0 Å². The van der Waals surface area contributed by atoms with Crippen LogP contribution in [0, 0.1) is 10.1 Å². The van der Waals surface area contributed by atoms with E-state index in [0.717, 1.165) is 16.9 Å². The number of imidazole rings is 1. The Morgan fingerprint density at radius 2 is 1.77 bits per heavy atom. The number of nitrogens with zero attached hydrogens (tertiary/aromatic N) is 2. The Morgan fingerprint density at radius 1 is 1.09 bits per heavy atom. The highest BCUT2D eigenvalue weighted by Gasteiger charge is 2.14. The van der Waals surface area contributed by atoms with E-state index in [1.54, 1.807) is 6.07 Å². The Morgan fingerprint density at radius 3 is 2.36 bits per heavy atom. The normalized spacial score (nSPS) is 11.8. The fourth-order valence-electron chi connectivity index (χ4n) is 2.38. The van der Waals surface area contributed by atoms with Crippen molar-refractivity contribution in [1.29, 1.82) is 0 Å². The average molecular weight is 295 g/mol. The van der Waals surface area contributed by atoms with Gasteiger partial charge in [-0.1, -0.05) is 45.0 Å². The molecule has 0 saturated heterocycles. The van der Waals surface area contributed by atoms with Crippen LogP contribution in [0.1, 0.15) is 26.3 Å². The van der Waals surface area contributed by atoms with Crippen molar-refractivity contribution < 1.29 is 4.92 Å². The van der Waals surface area contributed by atoms with E-state index in [1.807, 2.05) is 12.1 Å². The van der Waals surface area contributed by atoms with Gasteiger partial charge in [0.2, 0.25) is 0 Å². The van der Waals surface area contributed by atoms with Gasteiger partial charge in [-0.25, -0.2) is 4.98 Å². The third-order valence-electron chi connectivity index (χ3n) is 3.70. The molecule has 112 valence electrons. The molecule has 0 fully saturated rings. The van der Waals surface area contributed by atoms with Gasteiger partial charge < -0.3 is 4.98 Å². The van der Waals surface area contributed by atoms with Crippen molar-refractivity contribution >= 4 is 16.7 Å². The molecule has 0 spiro atoms. The minimum atomic E-state index is -0.405. The largest absolute Gasteiger partial charge is 0.338 e. The lowest BCUT2D eigenvalue weighted by Crippen LogP contribution is -2.10. The summed E-state index contributed by atoms with van der Waals surface area (Å²) in [6.45, 7) is 6.51. The van der Waals surface area contributed by atoms with Crippen LogP contribution in [-0.2, 0) is 5.41 Å². The maximum atomic E-state index is 10.8. The molecule has 1 N–H and O–H groups in total. The van der Waals surface area contributed by atoms with Gasteiger partial charge in [0, 0.05) is 17.7 Å². The zero-order valence-electron chi connectivity index (χ0n) is 12.8. The Labute approximate surface area is 128 Å². The molecule has 0 aliphatic carbocycles. The van der Waals surface area contributed by atoms with E-state index < -0.39 is 4.92 Å². The molecule has 2 aromatic carbocycles. The molecule has 1 heterocycles. The highest BCUT2D eigenvalue weighted by atomic mass is 16.6. The maximum absolute atomic E-state index is 10.8. The van der Waals surface area contributed by atoms with E-state index in [4.69, 9.17) is 0 Å². The number of rotatable bonds is 2. The second-order valence-corrected chi connectivity index (χ2v) is 6.37. The summed E-state index contributed by atoms with van der Waals surface area (Å²) in [5.74, 6) is 0.718. The summed E-state index contributed by atoms with van der Waals surface area (Å²) >= 11 is 0. The summed E-state index contributed by atoms with van der Waals surface area (Å²) < 4.78 is 0. The summed E-state index contributed by atoms with van der Waals surface area (Å²) in [5, 5.41) is 10.8. The predicted molar refractivity (Wildman–Crippen MR) is 86.9 cm³/mol. The SMILES string of the molecule is CC(C)(C)c1ccc(-c2nc3ccc([N+](=O)[O-])cc3[nH]2)cc1. The van der Waals surface area contributed by atoms with Crippen molar-refractivity contribution in [3.05, 3.63) is 58.1 Å². The number of non-ortho nitro benzene ring substituents is 1. The summed E-state index contributed by atoms with van der Waals surface area (Å²) in [6.07, 6.45) is 0. The molecule has 1 aromatic heterocycles. The second-order valence-electron chi connectivity index (χ2n) is 6.37. The molecule has 0 atom stereocenters. The van der Waals surface area contributed by atoms with Gasteiger partial charge in [0.1, 0.15) is 5.82 Å². The first-order chi connectivity index (χ1) is 10.3. The second kappa shape index (κ2) is 4.94. The molecular formula is C17H17N3O2. The lowest BCUT2D eigenvalue weighted by Gasteiger charge is -2.18. The van der Waals surface area contributed by atoms with Gasteiger partial charge in [-0.15, -0.1) is 0 Å². The van der Waals surface area contributed by atoms with Gasteiger partial charge in [0.05, 0.1) is 16.0 Å². The smallest absolute Gasteiger partial charge is 0.271 e. The summed E-state index contributed by atoms with van der Waals surface area (Å²) in [7, 11) is 0. The van der Waals surface area contributed by atoms with Crippen molar-refractivity contribution in [1.82, 2.24) is 9.97 Å². The third-order valence-corrected chi connectivity index (χ3v) is 3.70. The van der Waals surface area contributed by atoms with Crippen molar-refractivity contribution in [2.24, 2.45) is 0 Å². The van der Waals surface area contributed by atoms with Gasteiger partial charge in [-0.2, -0.15) is 0 Å². The van der Waals surface area contributed by atoms with Crippen LogP contribution < -0.4 is 0 Å². The van der Waals surface area contributed by atoms with E-state index in [0.29, 0.717) is 5.52 Å². The summed E-state index contributed by atoms with van der Waals surface area (Å²) in [5.41, 5.74) is 3.78. The summed E-state index contributed by atoms with van der Waals surface area (Å²) in [6, 6.07) is 12.9. The van der Waals surface area contributed by atoms with Gasteiger partial charge >= 0.3 is 0 Å². The zero-order valence-corrected chi connectivity index (χ0v) is 12.8. The van der Waals surface area contributed by atoms with Crippen LogP contribution >= 0.6 is 0 Å². The molecule has 0 aliphatic heterocycles. The van der Waals surface area contributed by atoms with Crippen LogP contribution in [0.3, 0.4) is 0 Å². The third kappa shape index (κ3) is 2.57. The number of benzene rings is 2. The molecule has 3 rings (SSSR count). The van der Waals surface area contributed by atoms with Crippen LogP contribution in [0.15, 0.2) is 42.5 Å². The molecule has 5 nitrogen and oxygen atoms in total. The number of aromatic amines is 1. The Hall–Kier alpha value is -2.69. The van der Waals surface area contributed by atoms with Crippen molar-refractivity contribution in [2.45, 2.75) is 26.2 Å². The predicted octanol–water partition coefficient (Wildman–Crippen LogP) is 4.44. The lowest BCUT2D eigenvalue weighted by molar-refractivity contribution is -0.384. The molecule has 0 saturated carbocycles. The maximum Gasteiger partial charge on any atom is 0.271 e. The zero-order chi connectivity index (χ0) is 15.9. The highest BCUT2D eigenvalue weighted by molar-refractivity contribution is 5.81. The lowest BCUT2D eigenvalue weighted by atomic mass is 9.87. The Bertz CT molecular complexity index is 842. The highest BCUT2D eigenvalue weighted by Crippen LogP contribution is 2.27. The molecule has 22 heavy (non-hydrogen) atoms. The molecular weight excluding hydrogens is 278 g/mol. The Balaban J connectivity index is 2.01. The number of H-pyrrole nitrogens is 1. The van der Waals surface area contributed by atoms with Crippen molar-refractivity contribution in [3.8, 4) is 11.4 Å². The van der Waals surface area contributed by atoms with Crippen LogP contribution in [0.5, 0.6) is 0 Å².